The minimum absolute atomic E-state index is 0.607. The minimum Gasteiger partial charge on any atom is -0.354 e. The Balaban J connectivity index is 1.92. The summed E-state index contributed by atoms with van der Waals surface area (Å²) in [6, 6.07) is 0. The van der Waals surface area contributed by atoms with Crippen LogP contribution in [0.15, 0.2) is 16.9 Å². The van der Waals surface area contributed by atoms with Crippen molar-refractivity contribution < 1.29 is 0 Å². The second kappa shape index (κ2) is 6.05. The highest BCUT2D eigenvalue weighted by atomic mass is 79.9. The van der Waals surface area contributed by atoms with Crippen LogP contribution in [-0.2, 0) is 13.0 Å². The predicted molar refractivity (Wildman–Crippen MR) is 75.0 cm³/mol. The Labute approximate surface area is 118 Å². The van der Waals surface area contributed by atoms with Crippen LogP contribution in [0.25, 0.3) is 0 Å². The Bertz CT molecular complexity index is 560. The van der Waals surface area contributed by atoms with Crippen molar-refractivity contribution in [3.05, 3.63) is 27.5 Å². The van der Waals surface area contributed by atoms with Crippen LogP contribution in [0.4, 0.5) is 5.95 Å². The molecule has 0 spiro atoms. The Morgan fingerprint density at radius 3 is 2.83 bits per heavy atom. The molecule has 0 amide bonds. The van der Waals surface area contributed by atoms with E-state index < -0.39 is 0 Å². The van der Waals surface area contributed by atoms with Crippen LogP contribution in [0.2, 0.25) is 0 Å². The van der Waals surface area contributed by atoms with Gasteiger partial charge in [0, 0.05) is 31.9 Å². The van der Waals surface area contributed by atoms with E-state index in [9.17, 15) is 0 Å². The highest BCUT2D eigenvalue weighted by Gasteiger charge is 2.04. The molecule has 0 bridgehead atoms. The first-order valence-electron chi connectivity index (χ1n) is 5.56. The lowest BCUT2D eigenvalue weighted by molar-refractivity contribution is 0.690. The SMILES string of the molecule is CCn1c(CCNc2ncc(Br)cn2)n[nH]c1=S. The smallest absolute Gasteiger partial charge is 0.222 e. The molecule has 2 rings (SSSR count). The third-order valence-electron chi connectivity index (χ3n) is 2.41. The van der Waals surface area contributed by atoms with Gasteiger partial charge in [0.1, 0.15) is 5.82 Å². The molecule has 0 unspecified atom stereocenters. The zero-order valence-corrected chi connectivity index (χ0v) is 12.3. The van der Waals surface area contributed by atoms with Crippen LogP contribution >= 0.6 is 28.1 Å². The van der Waals surface area contributed by atoms with Crippen LogP contribution < -0.4 is 5.32 Å². The first-order chi connectivity index (χ1) is 8.70. The number of H-pyrrole nitrogens is 1. The summed E-state index contributed by atoms with van der Waals surface area (Å²) in [7, 11) is 0. The van der Waals surface area contributed by atoms with E-state index in [1.807, 2.05) is 11.5 Å². The molecule has 0 aliphatic heterocycles. The number of hydrogen-bond acceptors (Lipinski definition) is 5. The van der Waals surface area contributed by atoms with E-state index in [0.717, 1.165) is 23.3 Å². The van der Waals surface area contributed by atoms with E-state index in [0.29, 0.717) is 17.3 Å². The molecule has 0 aliphatic rings. The number of aromatic nitrogens is 5. The molecule has 6 nitrogen and oxygen atoms in total. The zero-order valence-electron chi connectivity index (χ0n) is 9.85. The molecule has 2 heterocycles. The lowest BCUT2D eigenvalue weighted by Crippen LogP contribution is -2.11. The average molecular weight is 329 g/mol. The second-order valence-electron chi connectivity index (χ2n) is 3.59. The summed E-state index contributed by atoms with van der Waals surface area (Å²) < 4.78 is 3.49. The van der Waals surface area contributed by atoms with Gasteiger partial charge in [-0.1, -0.05) is 0 Å². The molecule has 2 aromatic rings. The molecule has 18 heavy (non-hydrogen) atoms. The quantitative estimate of drug-likeness (QED) is 0.823. The number of rotatable bonds is 5. The Morgan fingerprint density at radius 2 is 2.17 bits per heavy atom. The fraction of sp³-hybridized carbons (Fsp3) is 0.400. The fourth-order valence-corrected chi connectivity index (χ4v) is 2.04. The number of anilines is 1. The van der Waals surface area contributed by atoms with Gasteiger partial charge in [-0.3, -0.25) is 5.10 Å². The van der Waals surface area contributed by atoms with Gasteiger partial charge in [-0.05, 0) is 35.1 Å². The molecule has 96 valence electrons. The van der Waals surface area contributed by atoms with Crippen LogP contribution in [0.3, 0.4) is 0 Å². The summed E-state index contributed by atoms with van der Waals surface area (Å²) in [4.78, 5) is 8.27. The molecule has 0 saturated carbocycles. The van der Waals surface area contributed by atoms with Gasteiger partial charge in [-0.15, -0.1) is 0 Å². The van der Waals surface area contributed by atoms with E-state index in [-0.39, 0.29) is 0 Å². The summed E-state index contributed by atoms with van der Waals surface area (Å²) in [6.07, 6.45) is 4.18. The van der Waals surface area contributed by atoms with Crippen molar-refractivity contribution in [3.63, 3.8) is 0 Å². The van der Waals surface area contributed by atoms with Crippen LogP contribution in [-0.4, -0.2) is 31.3 Å². The molecule has 0 saturated heterocycles. The minimum atomic E-state index is 0.607. The normalized spacial score (nSPS) is 10.6. The monoisotopic (exact) mass is 328 g/mol. The third kappa shape index (κ3) is 3.14. The standard InChI is InChI=1S/C10H13BrN6S/c1-2-17-8(15-16-10(17)18)3-4-12-9-13-5-7(11)6-14-9/h5-6H,2-4H2,1H3,(H,16,18)(H,12,13,14). The molecule has 0 aliphatic carbocycles. The summed E-state index contributed by atoms with van der Waals surface area (Å²) in [6.45, 7) is 3.57. The molecule has 0 fully saturated rings. The highest BCUT2D eigenvalue weighted by molar-refractivity contribution is 9.10. The van der Waals surface area contributed by atoms with Crippen molar-refractivity contribution in [2.75, 3.05) is 11.9 Å². The van der Waals surface area contributed by atoms with Crippen molar-refractivity contribution in [3.8, 4) is 0 Å². The Kier molecular flexibility index (Phi) is 4.43. The van der Waals surface area contributed by atoms with Gasteiger partial charge in [0.2, 0.25) is 5.95 Å². The average Bonchev–Trinajstić information content (AvgIpc) is 2.72. The molecule has 0 aromatic carbocycles. The maximum Gasteiger partial charge on any atom is 0.222 e. The molecule has 8 heteroatoms. The highest BCUT2D eigenvalue weighted by Crippen LogP contribution is 2.07. The first-order valence-corrected chi connectivity index (χ1v) is 6.76. The molecule has 2 aromatic heterocycles. The van der Waals surface area contributed by atoms with E-state index in [1.54, 1.807) is 12.4 Å². The predicted octanol–water partition coefficient (Wildman–Crippen LogP) is 2.17. The summed E-state index contributed by atoms with van der Waals surface area (Å²) in [5, 5.41) is 10.1. The van der Waals surface area contributed by atoms with Crippen molar-refractivity contribution >= 4 is 34.1 Å². The number of halogens is 1. The number of hydrogen-bond donors (Lipinski definition) is 2. The number of nitrogens with one attached hydrogen (secondary N) is 2. The van der Waals surface area contributed by atoms with Gasteiger partial charge in [-0.2, -0.15) is 5.10 Å². The maximum absolute atomic E-state index is 5.12. The van der Waals surface area contributed by atoms with Gasteiger partial charge in [0.25, 0.3) is 0 Å². The topological polar surface area (TPSA) is 71.4 Å². The molecular weight excluding hydrogens is 316 g/mol. The van der Waals surface area contributed by atoms with Gasteiger partial charge in [0.05, 0.1) is 4.47 Å². The van der Waals surface area contributed by atoms with Crippen molar-refractivity contribution in [2.24, 2.45) is 0 Å². The number of nitrogens with zero attached hydrogens (tertiary/aromatic N) is 4. The van der Waals surface area contributed by atoms with E-state index in [1.165, 1.54) is 0 Å². The maximum atomic E-state index is 5.12. The zero-order chi connectivity index (χ0) is 13.0. The van der Waals surface area contributed by atoms with Crippen LogP contribution in [0, 0.1) is 4.77 Å². The summed E-state index contributed by atoms with van der Waals surface area (Å²) >= 11 is 8.41. The Morgan fingerprint density at radius 1 is 1.44 bits per heavy atom. The summed E-state index contributed by atoms with van der Waals surface area (Å²) in [5.74, 6) is 1.54. The van der Waals surface area contributed by atoms with Crippen molar-refractivity contribution in [1.29, 1.82) is 0 Å². The third-order valence-corrected chi connectivity index (χ3v) is 3.13. The van der Waals surface area contributed by atoms with E-state index in [2.05, 4.69) is 41.4 Å². The van der Waals surface area contributed by atoms with E-state index in [4.69, 9.17) is 12.2 Å². The second-order valence-corrected chi connectivity index (χ2v) is 4.89. The largest absolute Gasteiger partial charge is 0.354 e. The van der Waals surface area contributed by atoms with Gasteiger partial charge >= 0.3 is 0 Å². The van der Waals surface area contributed by atoms with E-state index >= 15 is 0 Å². The lowest BCUT2D eigenvalue weighted by Gasteiger charge is -2.05. The summed E-state index contributed by atoms with van der Waals surface area (Å²) in [5.41, 5.74) is 0. The molecule has 0 radical (unpaired) electrons. The van der Waals surface area contributed by atoms with Gasteiger partial charge < -0.3 is 9.88 Å². The van der Waals surface area contributed by atoms with Gasteiger partial charge in [-0.25, -0.2) is 9.97 Å². The number of aromatic amines is 1. The Hall–Kier alpha value is -1.28. The van der Waals surface area contributed by atoms with Gasteiger partial charge in [0.15, 0.2) is 4.77 Å². The van der Waals surface area contributed by atoms with Crippen molar-refractivity contribution in [2.45, 2.75) is 19.9 Å². The first kappa shape index (κ1) is 13.2. The molecular formula is C10H13BrN6S. The van der Waals surface area contributed by atoms with Crippen LogP contribution in [0.1, 0.15) is 12.7 Å². The molecule has 0 atom stereocenters. The van der Waals surface area contributed by atoms with Crippen molar-refractivity contribution in [1.82, 2.24) is 24.7 Å². The fourth-order valence-electron chi connectivity index (χ4n) is 1.56. The lowest BCUT2D eigenvalue weighted by atomic mass is 10.4. The molecule has 2 N–H and O–H groups in total. The van der Waals surface area contributed by atoms with Crippen LogP contribution in [0.5, 0.6) is 0 Å².